The summed E-state index contributed by atoms with van der Waals surface area (Å²) in [7, 11) is 0. The number of urea groups is 1. The number of hydrogen-bond donors (Lipinski definition) is 2. The highest BCUT2D eigenvalue weighted by molar-refractivity contribution is 9.10. The van der Waals surface area contributed by atoms with Gasteiger partial charge in [-0.3, -0.25) is 10.3 Å². The van der Waals surface area contributed by atoms with Crippen molar-refractivity contribution in [1.29, 1.82) is 0 Å². The minimum Gasteiger partial charge on any atom is -0.337 e. The number of nitrogens with zero attached hydrogens (tertiary/aromatic N) is 2. The number of aromatic nitrogens is 2. The van der Waals surface area contributed by atoms with Gasteiger partial charge in [0.15, 0.2) is 0 Å². The van der Waals surface area contributed by atoms with Gasteiger partial charge in [0.05, 0.1) is 0 Å². The predicted octanol–water partition coefficient (Wildman–Crippen LogP) is 2.60. The van der Waals surface area contributed by atoms with Gasteiger partial charge in [-0.2, -0.15) is 0 Å². The van der Waals surface area contributed by atoms with Crippen molar-refractivity contribution in [2.45, 2.75) is 6.42 Å². The second kappa shape index (κ2) is 6.84. The van der Waals surface area contributed by atoms with E-state index in [0.717, 1.165) is 10.2 Å². The van der Waals surface area contributed by atoms with Crippen molar-refractivity contribution in [3.63, 3.8) is 0 Å². The molecule has 0 aliphatic rings. The van der Waals surface area contributed by atoms with E-state index in [1.165, 1.54) is 0 Å². The van der Waals surface area contributed by atoms with E-state index in [1.807, 2.05) is 24.3 Å². The Bertz CT molecular complexity index is 530. The molecular formula is C13H13BrN4O. The van der Waals surface area contributed by atoms with Crippen LogP contribution in [0.25, 0.3) is 0 Å². The van der Waals surface area contributed by atoms with Gasteiger partial charge in [-0.15, -0.1) is 0 Å². The third-order valence-corrected chi connectivity index (χ3v) is 2.83. The van der Waals surface area contributed by atoms with Crippen LogP contribution in [0.4, 0.5) is 10.6 Å². The van der Waals surface area contributed by atoms with Crippen LogP contribution in [-0.4, -0.2) is 22.5 Å². The SMILES string of the molecule is O=C(NCCc1ccccn1)Nc1ccc(Br)cn1. The molecule has 0 saturated heterocycles. The molecule has 0 aliphatic heterocycles. The molecule has 2 amide bonds. The fraction of sp³-hybridized carbons (Fsp3) is 0.154. The van der Waals surface area contributed by atoms with Crippen molar-refractivity contribution in [1.82, 2.24) is 15.3 Å². The highest BCUT2D eigenvalue weighted by atomic mass is 79.9. The summed E-state index contributed by atoms with van der Waals surface area (Å²) >= 11 is 3.28. The molecule has 0 atom stereocenters. The van der Waals surface area contributed by atoms with Crippen molar-refractivity contribution in [2.75, 3.05) is 11.9 Å². The normalized spacial score (nSPS) is 9.95. The van der Waals surface area contributed by atoms with E-state index >= 15 is 0 Å². The first-order chi connectivity index (χ1) is 9.24. The zero-order valence-electron chi connectivity index (χ0n) is 10.1. The number of rotatable bonds is 4. The van der Waals surface area contributed by atoms with Crippen molar-refractivity contribution < 1.29 is 4.79 Å². The van der Waals surface area contributed by atoms with Crippen molar-refractivity contribution in [3.8, 4) is 0 Å². The van der Waals surface area contributed by atoms with E-state index in [1.54, 1.807) is 18.5 Å². The van der Waals surface area contributed by atoms with Gasteiger partial charge in [-0.25, -0.2) is 9.78 Å². The average Bonchev–Trinajstić information content (AvgIpc) is 2.43. The third kappa shape index (κ3) is 4.67. The number of halogens is 1. The van der Waals surface area contributed by atoms with Crippen LogP contribution in [0.1, 0.15) is 5.69 Å². The molecule has 2 aromatic rings. The van der Waals surface area contributed by atoms with Crippen molar-refractivity contribution in [2.24, 2.45) is 0 Å². The Hall–Kier alpha value is -1.95. The molecule has 0 unspecified atom stereocenters. The van der Waals surface area contributed by atoms with Crippen LogP contribution >= 0.6 is 15.9 Å². The smallest absolute Gasteiger partial charge is 0.320 e. The topological polar surface area (TPSA) is 66.9 Å². The average molecular weight is 321 g/mol. The molecule has 0 radical (unpaired) electrons. The fourth-order valence-corrected chi connectivity index (χ4v) is 1.69. The van der Waals surface area contributed by atoms with Gasteiger partial charge >= 0.3 is 6.03 Å². The van der Waals surface area contributed by atoms with Gasteiger partial charge in [0.1, 0.15) is 5.82 Å². The highest BCUT2D eigenvalue weighted by Crippen LogP contribution is 2.10. The van der Waals surface area contributed by atoms with Crippen molar-refractivity contribution in [3.05, 3.63) is 52.9 Å². The summed E-state index contributed by atoms with van der Waals surface area (Å²) in [5, 5.41) is 5.41. The fourth-order valence-electron chi connectivity index (χ4n) is 1.46. The van der Waals surface area contributed by atoms with Crippen molar-refractivity contribution >= 4 is 27.8 Å². The van der Waals surface area contributed by atoms with Gasteiger partial charge in [-0.1, -0.05) is 6.07 Å². The second-order valence-corrected chi connectivity index (χ2v) is 4.73. The number of hydrogen-bond acceptors (Lipinski definition) is 3. The van der Waals surface area contributed by atoms with Crippen LogP contribution < -0.4 is 10.6 Å². The summed E-state index contributed by atoms with van der Waals surface area (Å²) in [6, 6.07) is 8.98. The molecule has 98 valence electrons. The minimum atomic E-state index is -0.272. The Labute approximate surface area is 119 Å². The molecule has 6 heteroatoms. The number of amides is 2. The first-order valence-corrected chi connectivity index (χ1v) is 6.59. The Kier molecular flexibility index (Phi) is 4.85. The van der Waals surface area contributed by atoms with Crippen LogP contribution in [0.2, 0.25) is 0 Å². The van der Waals surface area contributed by atoms with E-state index in [0.29, 0.717) is 18.8 Å². The van der Waals surface area contributed by atoms with E-state index < -0.39 is 0 Å². The Morgan fingerprint density at radius 2 is 2.11 bits per heavy atom. The number of pyridine rings is 2. The van der Waals surface area contributed by atoms with E-state index in [4.69, 9.17) is 0 Å². The summed E-state index contributed by atoms with van der Waals surface area (Å²) in [5.74, 6) is 0.513. The lowest BCUT2D eigenvalue weighted by molar-refractivity contribution is 0.252. The number of nitrogens with one attached hydrogen (secondary N) is 2. The predicted molar refractivity (Wildman–Crippen MR) is 76.9 cm³/mol. The van der Waals surface area contributed by atoms with Gasteiger partial charge < -0.3 is 5.32 Å². The van der Waals surface area contributed by atoms with Crippen LogP contribution in [0.5, 0.6) is 0 Å². The summed E-state index contributed by atoms with van der Waals surface area (Å²) in [5.41, 5.74) is 0.949. The van der Waals surface area contributed by atoms with Gasteiger partial charge in [0, 0.05) is 35.5 Å². The lowest BCUT2D eigenvalue weighted by atomic mass is 10.3. The molecule has 2 N–H and O–H groups in total. The first kappa shape index (κ1) is 13.5. The van der Waals surface area contributed by atoms with Gasteiger partial charge in [0.25, 0.3) is 0 Å². The summed E-state index contributed by atoms with van der Waals surface area (Å²) in [6.07, 6.45) is 4.06. The number of carbonyl (C=O) groups excluding carboxylic acids is 1. The second-order valence-electron chi connectivity index (χ2n) is 3.81. The highest BCUT2D eigenvalue weighted by Gasteiger charge is 2.02. The number of anilines is 1. The zero-order chi connectivity index (χ0) is 13.5. The van der Waals surface area contributed by atoms with Crippen LogP contribution in [-0.2, 0) is 6.42 Å². The minimum absolute atomic E-state index is 0.272. The Morgan fingerprint density at radius 3 is 2.79 bits per heavy atom. The monoisotopic (exact) mass is 320 g/mol. The molecule has 5 nitrogen and oxygen atoms in total. The maximum atomic E-state index is 11.6. The van der Waals surface area contributed by atoms with Gasteiger partial charge in [0.2, 0.25) is 0 Å². The molecule has 0 aliphatic carbocycles. The molecule has 2 rings (SSSR count). The Balaban J connectivity index is 1.74. The third-order valence-electron chi connectivity index (χ3n) is 2.36. The summed E-state index contributed by atoms with van der Waals surface area (Å²) in [4.78, 5) is 19.8. The number of carbonyl (C=O) groups is 1. The van der Waals surface area contributed by atoms with E-state index in [9.17, 15) is 4.79 Å². The molecular weight excluding hydrogens is 308 g/mol. The first-order valence-electron chi connectivity index (χ1n) is 5.80. The molecule has 0 aromatic carbocycles. The summed E-state index contributed by atoms with van der Waals surface area (Å²) < 4.78 is 0.869. The largest absolute Gasteiger partial charge is 0.337 e. The summed E-state index contributed by atoms with van der Waals surface area (Å²) in [6.45, 7) is 0.527. The molecule has 2 aromatic heterocycles. The molecule has 0 spiro atoms. The van der Waals surface area contributed by atoms with E-state index in [2.05, 4.69) is 36.5 Å². The maximum absolute atomic E-state index is 11.6. The zero-order valence-corrected chi connectivity index (χ0v) is 11.7. The van der Waals surface area contributed by atoms with Gasteiger partial charge in [-0.05, 0) is 40.2 Å². The molecule has 2 heterocycles. The van der Waals surface area contributed by atoms with E-state index in [-0.39, 0.29) is 6.03 Å². The van der Waals surface area contributed by atoms with Crippen LogP contribution in [0, 0.1) is 0 Å². The standard InChI is InChI=1S/C13H13BrN4O/c14-10-4-5-12(17-9-10)18-13(19)16-8-6-11-3-1-2-7-15-11/h1-5,7,9H,6,8H2,(H2,16,17,18,19). The molecule has 0 fully saturated rings. The lowest BCUT2D eigenvalue weighted by Gasteiger charge is -2.06. The molecule has 0 saturated carbocycles. The van der Waals surface area contributed by atoms with Crippen LogP contribution in [0.3, 0.4) is 0 Å². The quantitative estimate of drug-likeness (QED) is 0.910. The molecule has 19 heavy (non-hydrogen) atoms. The Morgan fingerprint density at radius 1 is 1.21 bits per heavy atom. The molecule has 0 bridgehead atoms. The lowest BCUT2D eigenvalue weighted by Crippen LogP contribution is -2.30. The van der Waals surface area contributed by atoms with Crippen LogP contribution in [0.15, 0.2) is 47.2 Å². The maximum Gasteiger partial charge on any atom is 0.320 e.